The molecule has 2 rings (SSSR count). The third-order valence-corrected chi connectivity index (χ3v) is 3.55. The molecular formula is C17H17LiO. The summed E-state index contributed by atoms with van der Waals surface area (Å²) in [6, 6.07) is 12.5. The normalized spacial score (nSPS) is 9.89. The first-order valence-corrected chi connectivity index (χ1v) is 6.11. The van der Waals surface area contributed by atoms with Crippen LogP contribution >= 0.6 is 0 Å². The topological polar surface area (TPSA) is 17.1 Å². The Balaban J connectivity index is 0.00000180. The van der Waals surface area contributed by atoms with Gasteiger partial charge in [-0.1, -0.05) is 6.07 Å². The van der Waals surface area contributed by atoms with Crippen molar-refractivity contribution in [2.45, 2.75) is 27.7 Å². The molecule has 2 aromatic rings. The molecule has 0 fully saturated rings. The van der Waals surface area contributed by atoms with Crippen molar-refractivity contribution >= 4 is 5.78 Å². The van der Waals surface area contributed by atoms with Crippen molar-refractivity contribution in [2.24, 2.45) is 0 Å². The first-order valence-electron chi connectivity index (χ1n) is 6.11. The largest absolute Gasteiger partial charge is 1.00 e. The van der Waals surface area contributed by atoms with Gasteiger partial charge in [-0.2, -0.15) is 0 Å². The maximum absolute atomic E-state index is 12.6. The predicted octanol–water partition coefficient (Wildman–Crippen LogP) is 0.955. The van der Waals surface area contributed by atoms with Crippen molar-refractivity contribution in [3.05, 3.63) is 69.8 Å². The molecule has 0 unspecified atom stereocenters. The van der Waals surface area contributed by atoms with E-state index in [2.05, 4.69) is 12.1 Å². The van der Waals surface area contributed by atoms with Crippen LogP contribution < -0.4 is 18.9 Å². The zero-order chi connectivity index (χ0) is 13.3. The van der Waals surface area contributed by atoms with Crippen LogP contribution in [-0.4, -0.2) is 5.78 Å². The Labute approximate surface area is 127 Å². The van der Waals surface area contributed by atoms with Crippen molar-refractivity contribution in [2.75, 3.05) is 0 Å². The van der Waals surface area contributed by atoms with Gasteiger partial charge in [-0.3, -0.25) is 0 Å². The average molecular weight is 244 g/mol. The van der Waals surface area contributed by atoms with Crippen molar-refractivity contribution < 1.29 is 23.7 Å². The molecule has 0 saturated carbocycles. The summed E-state index contributed by atoms with van der Waals surface area (Å²) in [4.78, 5) is 12.6. The summed E-state index contributed by atoms with van der Waals surface area (Å²) in [5.41, 5.74) is 5.93. The van der Waals surface area contributed by atoms with E-state index in [0.29, 0.717) is 5.56 Å². The fraction of sp³-hybridized carbons (Fsp3) is 0.235. The number of hydrogen-bond donors (Lipinski definition) is 0. The van der Waals surface area contributed by atoms with Gasteiger partial charge in [0.2, 0.25) is 0 Å². The number of aryl methyl sites for hydroxylation is 2. The summed E-state index contributed by atoms with van der Waals surface area (Å²) < 4.78 is 0. The van der Waals surface area contributed by atoms with Crippen LogP contribution in [0.3, 0.4) is 0 Å². The number of benzene rings is 2. The molecule has 2 aromatic carbocycles. The van der Waals surface area contributed by atoms with E-state index in [1.54, 1.807) is 6.07 Å². The summed E-state index contributed by atoms with van der Waals surface area (Å²) in [6.07, 6.45) is 0. The second-order valence-corrected chi connectivity index (χ2v) is 4.74. The molecule has 0 saturated heterocycles. The molecule has 0 aromatic heterocycles. The van der Waals surface area contributed by atoms with Crippen LogP contribution in [0.2, 0.25) is 0 Å². The van der Waals surface area contributed by atoms with Crippen molar-refractivity contribution in [1.29, 1.82) is 0 Å². The van der Waals surface area contributed by atoms with E-state index in [9.17, 15) is 4.79 Å². The first kappa shape index (κ1) is 15.8. The zero-order valence-corrected chi connectivity index (χ0v) is 12.3. The smallest absolute Gasteiger partial charge is 0.346 e. The SMILES string of the molecule is Cc1cc(C)c(C)c(C(=O)c2[c-]cccc2)c1C.[Li+]. The minimum Gasteiger partial charge on any atom is -0.346 e. The Hall–Kier alpha value is -1.29. The van der Waals surface area contributed by atoms with Gasteiger partial charge in [-0.05, 0) is 55.5 Å². The molecule has 19 heavy (non-hydrogen) atoms. The Morgan fingerprint density at radius 1 is 1.00 bits per heavy atom. The first-order chi connectivity index (χ1) is 8.52. The Morgan fingerprint density at radius 3 is 2.05 bits per heavy atom. The van der Waals surface area contributed by atoms with Gasteiger partial charge in [0.25, 0.3) is 0 Å². The van der Waals surface area contributed by atoms with Crippen molar-refractivity contribution in [3.8, 4) is 0 Å². The second kappa shape index (κ2) is 6.24. The monoisotopic (exact) mass is 244 g/mol. The molecule has 0 radical (unpaired) electrons. The Morgan fingerprint density at radius 2 is 1.58 bits per heavy atom. The minimum atomic E-state index is 0. The van der Waals surface area contributed by atoms with Gasteiger partial charge in [-0.15, -0.1) is 35.9 Å². The van der Waals surface area contributed by atoms with Crippen LogP contribution in [0.1, 0.15) is 38.2 Å². The maximum atomic E-state index is 12.6. The standard InChI is InChI=1S/C17H17O.Li/c1-11-10-12(2)14(4)16(13(11)3)17(18)15-8-6-5-7-9-15;/h5-8,10H,1-4H3;/q-1;+1. The number of carbonyl (C=O) groups excluding carboxylic acids is 1. The molecule has 0 aliphatic carbocycles. The maximum Gasteiger partial charge on any atom is 1.00 e. The third kappa shape index (κ3) is 3.00. The molecule has 0 heterocycles. The molecule has 0 atom stereocenters. The summed E-state index contributed by atoms with van der Waals surface area (Å²) in [5, 5.41) is 0. The molecule has 2 heteroatoms. The minimum absolute atomic E-state index is 0. The van der Waals surface area contributed by atoms with Gasteiger partial charge < -0.3 is 4.79 Å². The summed E-state index contributed by atoms with van der Waals surface area (Å²) in [5.74, 6) is 0.0670. The number of rotatable bonds is 2. The van der Waals surface area contributed by atoms with Gasteiger partial charge in [0, 0.05) is 0 Å². The van der Waals surface area contributed by atoms with Gasteiger partial charge in [0.15, 0.2) is 0 Å². The van der Waals surface area contributed by atoms with E-state index >= 15 is 0 Å². The van der Waals surface area contributed by atoms with E-state index in [1.165, 1.54) is 0 Å². The predicted molar refractivity (Wildman–Crippen MR) is 74.1 cm³/mol. The van der Waals surface area contributed by atoms with Gasteiger partial charge >= 0.3 is 18.9 Å². The van der Waals surface area contributed by atoms with Crippen LogP contribution in [0.4, 0.5) is 0 Å². The number of hydrogen-bond acceptors (Lipinski definition) is 1. The third-order valence-electron chi connectivity index (χ3n) is 3.55. The number of carbonyl (C=O) groups is 1. The summed E-state index contributed by atoms with van der Waals surface area (Å²) >= 11 is 0. The van der Waals surface area contributed by atoms with Crippen LogP contribution in [0, 0.1) is 33.8 Å². The molecule has 0 aliphatic heterocycles. The van der Waals surface area contributed by atoms with Gasteiger partial charge in [-0.25, -0.2) is 0 Å². The summed E-state index contributed by atoms with van der Waals surface area (Å²) in [7, 11) is 0. The molecular weight excluding hydrogens is 227 g/mol. The molecule has 0 amide bonds. The van der Waals surface area contributed by atoms with Crippen LogP contribution in [0.25, 0.3) is 0 Å². The number of ketones is 1. The second-order valence-electron chi connectivity index (χ2n) is 4.74. The van der Waals surface area contributed by atoms with E-state index in [1.807, 2.05) is 45.9 Å². The zero-order valence-electron chi connectivity index (χ0n) is 12.3. The van der Waals surface area contributed by atoms with Crippen molar-refractivity contribution in [1.82, 2.24) is 0 Å². The van der Waals surface area contributed by atoms with Crippen molar-refractivity contribution in [3.63, 3.8) is 0 Å². The van der Waals surface area contributed by atoms with Crippen LogP contribution in [-0.2, 0) is 0 Å². The van der Waals surface area contributed by atoms with Crippen LogP contribution in [0.15, 0.2) is 30.3 Å². The molecule has 0 aliphatic rings. The molecule has 0 spiro atoms. The van der Waals surface area contributed by atoms with Gasteiger partial charge in [0.1, 0.15) is 5.78 Å². The molecule has 0 bridgehead atoms. The molecule has 0 N–H and O–H groups in total. The van der Waals surface area contributed by atoms with E-state index in [4.69, 9.17) is 0 Å². The average Bonchev–Trinajstić information content (AvgIpc) is 2.37. The van der Waals surface area contributed by atoms with E-state index in [-0.39, 0.29) is 24.6 Å². The molecule has 1 nitrogen and oxygen atoms in total. The fourth-order valence-electron chi connectivity index (χ4n) is 2.23. The quantitative estimate of drug-likeness (QED) is 0.437. The van der Waals surface area contributed by atoms with Crippen LogP contribution in [0.5, 0.6) is 0 Å². The Kier molecular flexibility index (Phi) is 5.18. The molecule has 92 valence electrons. The van der Waals surface area contributed by atoms with Gasteiger partial charge in [0.05, 0.1) is 0 Å². The van der Waals surface area contributed by atoms with E-state index < -0.39 is 0 Å². The summed E-state index contributed by atoms with van der Waals surface area (Å²) in [6.45, 7) is 8.12. The van der Waals surface area contributed by atoms with E-state index in [0.717, 1.165) is 27.8 Å². The Bertz CT molecular complexity index is 574. The fourth-order valence-corrected chi connectivity index (χ4v) is 2.23.